The van der Waals surface area contributed by atoms with E-state index >= 15 is 0 Å². The van der Waals surface area contributed by atoms with E-state index in [1.807, 2.05) is 45.3 Å². The third kappa shape index (κ3) is 6.55. The summed E-state index contributed by atoms with van der Waals surface area (Å²) in [5.41, 5.74) is 4.66. The molecule has 0 radical (unpaired) electrons. The summed E-state index contributed by atoms with van der Waals surface area (Å²) in [5, 5.41) is 3.12. The molecule has 6 nitrogen and oxygen atoms in total. The fourth-order valence-corrected chi connectivity index (χ4v) is 4.51. The minimum absolute atomic E-state index is 0.0128. The number of ether oxygens (including phenoxy) is 1. The van der Waals surface area contributed by atoms with Crippen LogP contribution in [0.3, 0.4) is 0 Å². The van der Waals surface area contributed by atoms with Gasteiger partial charge in [-0.05, 0) is 48.4 Å². The molecule has 0 aliphatic carbocycles. The van der Waals surface area contributed by atoms with Crippen LogP contribution in [-0.4, -0.2) is 64.2 Å². The Morgan fingerprint density at radius 3 is 2.23 bits per heavy atom. The molecular formula is C29H36N4O2. The Bertz CT molecular complexity index is 1080. The summed E-state index contributed by atoms with van der Waals surface area (Å²) in [7, 11) is 4.09. The molecule has 1 aliphatic rings. The van der Waals surface area contributed by atoms with Crippen molar-refractivity contribution < 1.29 is 9.53 Å². The van der Waals surface area contributed by atoms with Crippen molar-refractivity contribution in [3.63, 3.8) is 0 Å². The molecule has 35 heavy (non-hydrogen) atoms. The molecule has 1 amide bonds. The van der Waals surface area contributed by atoms with E-state index in [-0.39, 0.29) is 18.6 Å². The van der Waals surface area contributed by atoms with E-state index in [1.54, 1.807) is 0 Å². The van der Waals surface area contributed by atoms with Crippen LogP contribution in [0.4, 0.5) is 11.4 Å². The Kier molecular flexibility index (Phi) is 8.27. The van der Waals surface area contributed by atoms with Gasteiger partial charge < -0.3 is 19.9 Å². The number of carbonyl (C=O) groups excluding carboxylic acids is 1. The normalized spacial score (nSPS) is 14.9. The summed E-state index contributed by atoms with van der Waals surface area (Å²) >= 11 is 0. The van der Waals surface area contributed by atoms with Crippen molar-refractivity contribution in [3.8, 4) is 5.75 Å². The Balaban J connectivity index is 1.40. The van der Waals surface area contributed by atoms with Gasteiger partial charge in [-0.15, -0.1) is 0 Å². The molecule has 1 heterocycles. The quantitative estimate of drug-likeness (QED) is 0.508. The molecule has 1 aliphatic heterocycles. The molecule has 1 unspecified atom stereocenters. The number of amides is 1. The molecule has 1 fully saturated rings. The highest BCUT2D eigenvalue weighted by Crippen LogP contribution is 2.26. The van der Waals surface area contributed by atoms with Crippen LogP contribution in [0.5, 0.6) is 5.75 Å². The van der Waals surface area contributed by atoms with Gasteiger partial charge in [0.1, 0.15) is 5.75 Å². The zero-order valence-electron chi connectivity index (χ0n) is 21.0. The van der Waals surface area contributed by atoms with E-state index in [4.69, 9.17) is 4.74 Å². The summed E-state index contributed by atoms with van der Waals surface area (Å²) in [6, 6.07) is 27.1. The fourth-order valence-electron chi connectivity index (χ4n) is 4.51. The number of carbonyl (C=O) groups is 1. The van der Waals surface area contributed by atoms with E-state index in [2.05, 4.69) is 74.6 Å². The number of nitrogens with one attached hydrogen (secondary N) is 1. The zero-order valence-corrected chi connectivity index (χ0v) is 21.0. The second kappa shape index (κ2) is 11.8. The van der Waals surface area contributed by atoms with Gasteiger partial charge in [-0.1, -0.05) is 48.5 Å². The molecule has 0 saturated carbocycles. The Hall–Kier alpha value is -3.51. The number of nitrogens with zero attached hydrogens (tertiary/aromatic N) is 3. The summed E-state index contributed by atoms with van der Waals surface area (Å²) in [6.07, 6.45) is 0. The third-order valence-electron chi connectivity index (χ3n) is 6.62. The molecule has 0 spiro atoms. The van der Waals surface area contributed by atoms with Crippen molar-refractivity contribution in [2.24, 2.45) is 0 Å². The number of rotatable bonds is 9. The Labute approximate surface area is 209 Å². The Morgan fingerprint density at radius 1 is 0.914 bits per heavy atom. The van der Waals surface area contributed by atoms with E-state index < -0.39 is 0 Å². The molecule has 1 N–H and O–H groups in total. The molecular weight excluding hydrogens is 436 g/mol. The number of hydrogen-bond donors (Lipinski definition) is 1. The SMILES string of the molecule is Cc1ccccc1OCC(=O)NCC(c1ccc(N(C)C)cc1)N1CCN(c2ccccc2)CC1. The standard InChI is InChI=1S/C29H36N4O2/c1-23-9-7-8-12-28(23)35-22-29(34)30-21-27(24-13-15-25(16-14-24)31(2)3)33-19-17-32(18-20-33)26-10-5-4-6-11-26/h4-16,27H,17-22H2,1-3H3,(H,30,34). The fraction of sp³-hybridized carbons (Fsp3) is 0.345. The van der Waals surface area contributed by atoms with Crippen molar-refractivity contribution in [2.75, 3.05) is 63.2 Å². The van der Waals surface area contributed by atoms with Crippen molar-refractivity contribution in [1.82, 2.24) is 10.2 Å². The van der Waals surface area contributed by atoms with Crippen LogP contribution in [0.15, 0.2) is 78.9 Å². The summed E-state index contributed by atoms with van der Waals surface area (Å²) in [5.74, 6) is 0.640. The van der Waals surface area contributed by atoms with Crippen LogP contribution < -0.4 is 19.9 Å². The lowest BCUT2D eigenvalue weighted by Crippen LogP contribution is -2.50. The average molecular weight is 473 g/mol. The molecule has 0 bridgehead atoms. The maximum Gasteiger partial charge on any atom is 0.258 e. The highest BCUT2D eigenvalue weighted by molar-refractivity contribution is 5.77. The first-order valence-electron chi connectivity index (χ1n) is 12.3. The second-order valence-electron chi connectivity index (χ2n) is 9.22. The monoisotopic (exact) mass is 472 g/mol. The minimum atomic E-state index is -0.105. The summed E-state index contributed by atoms with van der Waals surface area (Å²) < 4.78 is 5.75. The number of piperazine rings is 1. The van der Waals surface area contributed by atoms with Crippen molar-refractivity contribution in [1.29, 1.82) is 0 Å². The first kappa shape index (κ1) is 24.6. The van der Waals surface area contributed by atoms with Gasteiger partial charge in [-0.2, -0.15) is 0 Å². The predicted molar refractivity (Wildman–Crippen MR) is 143 cm³/mol. The molecule has 1 saturated heterocycles. The minimum Gasteiger partial charge on any atom is -0.484 e. The van der Waals surface area contributed by atoms with Gasteiger partial charge in [0, 0.05) is 58.2 Å². The molecule has 1 atom stereocenters. The van der Waals surface area contributed by atoms with E-state index in [0.29, 0.717) is 6.54 Å². The lowest BCUT2D eigenvalue weighted by atomic mass is 10.0. The van der Waals surface area contributed by atoms with Crippen molar-refractivity contribution >= 4 is 17.3 Å². The van der Waals surface area contributed by atoms with Crippen LogP contribution in [-0.2, 0) is 4.79 Å². The lowest BCUT2D eigenvalue weighted by Gasteiger charge is -2.40. The summed E-state index contributed by atoms with van der Waals surface area (Å²) in [6.45, 7) is 6.33. The molecule has 4 rings (SSSR count). The van der Waals surface area contributed by atoms with Crippen LogP contribution >= 0.6 is 0 Å². The van der Waals surface area contributed by atoms with Crippen LogP contribution in [0.25, 0.3) is 0 Å². The smallest absolute Gasteiger partial charge is 0.258 e. The van der Waals surface area contributed by atoms with Crippen LogP contribution in [0.2, 0.25) is 0 Å². The summed E-state index contributed by atoms with van der Waals surface area (Å²) in [4.78, 5) is 19.7. The second-order valence-corrected chi connectivity index (χ2v) is 9.22. The third-order valence-corrected chi connectivity index (χ3v) is 6.62. The van der Waals surface area contributed by atoms with Gasteiger partial charge in [0.2, 0.25) is 0 Å². The van der Waals surface area contributed by atoms with Crippen molar-refractivity contribution in [2.45, 2.75) is 13.0 Å². The van der Waals surface area contributed by atoms with Gasteiger partial charge in [0.25, 0.3) is 5.91 Å². The van der Waals surface area contributed by atoms with Crippen LogP contribution in [0.1, 0.15) is 17.2 Å². The molecule has 6 heteroatoms. The van der Waals surface area contributed by atoms with E-state index in [0.717, 1.165) is 43.2 Å². The van der Waals surface area contributed by atoms with Gasteiger partial charge in [0.15, 0.2) is 6.61 Å². The zero-order chi connectivity index (χ0) is 24.6. The van der Waals surface area contributed by atoms with Gasteiger partial charge in [-0.25, -0.2) is 0 Å². The number of benzene rings is 3. The van der Waals surface area contributed by atoms with E-state index in [1.165, 1.54) is 11.3 Å². The topological polar surface area (TPSA) is 48.1 Å². The average Bonchev–Trinajstić information content (AvgIpc) is 2.89. The number of para-hydroxylation sites is 2. The number of anilines is 2. The first-order valence-corrected chi connectivity index (χ1v) is 12.3. The number of hydrogen-bond acceptors (Lipinski definition) is 5. The van der Waals surface area contributed by atoms with E-state index in [9.17, 15) is 4.79 Å². The highest BCUT2D eigenvalue weighted by Gasteiger charge is 2.26. The molecule has 3 aromatic carbocycles. The first-order chi connectivity index (χ1) is 17.0. The maximum atomic E-state index is 12.7. The predicted octanol–water partition coefficient (Wildman–Crippen LogP) is 4.12. The Morgan fingerprint density at radius 2 is 1.57 bits per heavy atom. The van der Waals surface area contributed by atoms with Gasteiger partial charge in [-0.3, -0.25) is 9.69 Å². The number of aryl methyl sites for hydroxylation is 1. The lowest BCUT2D eigenvalue weighted by molar-refractivity contribution is -0.123. The van der Waals surface area contributed by atoms with Gasteiger partial charge in [0.05, 0.1) is 6.04 Å². The largest absolute Gasteiger partial charge is 0.484 e. The maximum absolute atomic E-state index is 12.7. The molecule has 184 valence electrons. The highest BCUT2D eigenvalue weighted by atomic mass is 16.5. The van der Waals surface area contributed by atoms with Gasteiger partial charge >= 0.3 is 0 Å². The molecule has 3 aromatic rings. The van der Waals surface area contributed by atoms with Crippen LogP contribution in [0, 0.1) is 6.92 Å². The van der Waals surface area contributed by atoms with Crippen molar-refractivity contribution in [3.05, 3.63) is 90.0 Å². The molecule has 0 aromatic heterocycles.